The Kier molecular flexibility index (Phi) is 7.05. The molecule has 64 valence electrons. The minimum atomic E-state index is 0.0408. The monoisotopic (exact) mass is 155 g/mol. The predicted molar refractivity (Wildman–Crippen MR) is 48.2 cm³/mol. The third-order valence-corrected chi connectivity index (χ3v) is 1.44. The molecule has 0 aliphatic rings. The maximum absolute atomic E-state index is 6.86. The fraction of sp³-hybridized carbons (Fsp3) is 0.667. The van der Waals surface area contributed by atoms with Gasteiger partial charge in [0, 0.05) is 13.0 Å². The third kappa shape index (κ3) is 5.80. The molecule has 1 N–H and O–H groups in total. The standard InChI is InChI=1S/C9H17NO/c1-3-5-8-11-9(4-2)6-7-10/h4,7,9-10H,2-3,5-6,8H2,1H3. The molecule has 0 saturated carbocycles. The van der Waals surface area contributed by atoms with Gasteiger partial charge in [-0.2, -0.15) is 0 Å². The van der Waals surface area contributed by atoms with Crippen molar-refractivity contribution in [1.82, 2.24) is 0 Å². The fourth-order valence-electron chi connectivity index (χ4n) is 0.728. The molecule has 0 amide bonds. The van der Waals surface area contributed by atoms with Gasteiger partial charge >= 0.3 is 0 Å². The Morgan fingerprint density at radius 1 is 1.64 bits per heavy atom. The summed E-state index contributed by atoms with van der Waals surface area (Å²) < 4.78 is 5.40. The van der Waals surface area contributed by atoms with E-state index >= 15 is 0 Å². The Balaban J connectivity index is 3.35. The first-order valence-electron chi connectivity index (χ1n) is 4.08. The minimum absolute atomic E-state index is 0.0408. The van der Waals surface area contributed by atoms with E-state index in [1.165, 1.54) is 6.21 Å². The summed E-state index contributed by atoms with van der Waals surface area (Å²) in [5, 5.41) is 6.86. The number of hydrogen-bond acceptors (Lipinski definition) is 2. The van der Waals surface area contributed by atoms with Crippen molar-refractivity contribution < 1.29 is 4.74 Å². The van der Waals surface area contributed by atoms with E-state index in [-0.39, 0.29) is 6.10 Å². The highest BCUT2D eigenvalue weighted by Crippen LogP contribution is 1.99. The summed E-state index contributed by atoms with van der Waals surface area (Å²) in [6, 6.07) is 0. The van der Waals surface area contributed by atoms with Crippen molar-refractivity contribution in [3.05, 3.63) is 12.7 Å². The molecule has 0 aromatic heterocycles. The van der Waals surface area contributed by atoms with E-state index in [0.717, 1.165) is 19.4 Å². The molecule has 2 nitrogen and oxygen atoms in total. The zero-order valence-corrected chi connectivity index (χ0v) is 7.18. The SMILES string of the molecule is C=CC(CC=N)OCCCC. The molecule has 2 heteroatoms. The van der Waals surface area contributed by atoms with E-state index in [2.05, 4.69) is 13.5 Å². The summed E-state index contributed by atoms with van der Waals surface area (Å²) >= 11 is 0. The lowest BCUT2D eigenvalue weighted by atomic mass is 10.2. The van der Waals surface area contributed by atoms with Crippen LogP contribution in [0.2, 0.25) is 0 Å². The van der Waals surface area contributed by atoms with Crippen molar-refractivity contribution in [2.75, 3.05) is 6.61 Å². The number of nitrogens with one attached hydrogen (secondary N) is 1. The molecule has 1 unspecified atom stereocenters. The number of rotatable bonds is 7. The van der Waals surface area contributed by atoms with Gasteiger partial charge in [-0.15, -0.1) is 6.58 Å². The normalized spacial score (nSPS) is 12.5. The van der Waals surface area contributed by atoms with Crippen LogP contribution in [-0.4, -0.2) is 18.9 Å². The molecule has 0 aliphatic heterocycles. The topological polar surface area (TPSA) is 33.1 Å². The molecule has 11 heavy (non-hydrogen) atoms. The predicted octanol–water partition coefficient (Wildman–Crippen LogP) is 2.40. The smallest absolute Gasteiger partial charge is 0.0802 e. The largest absolute Gasteiger partial charge is 0.374 e. The van der Waals surface area contributed by atoms with Crippen molar-refractivity contribution >= 4 is 6.21 Å². The van der Waals surface area contributed by atoms with Crippen LogP contribution in [0.5, 0.6) is 0 Å². The number of unbranched alkanes of at least 4 members (excludes halogenated alkanes) is 1. The van der Waals surface area contributed by atoms with Crippen LogP contribution in [0.1, 0.15) is 26.2 Å². The Morgan fingerprint density at radius 2 is 2.36 bits per heavy atom. The first-order valence-corrected chi connectivity index (χ1v) is 4.08. The Morgan fingerprint density at radius 3 is 2.82 bits per heavy atom. The van der Waals surface area contributed by atoms with E-state index in [1.54, 1.807) is 6.08 Å². The highest BCUT2D eigenvalue weighted by atomic mass is 16.5. The second-order valence-electron chi connectivity index (χ2n) is 2.44. The van der Waals surface area contributed by atoms with Gasteiger partial charge in [-0.3, -0.25) is 0 Å². The fourth-order valence-corrected chi connectivity index (χ4v) is 0.728. The summed E-state index contributed by atoms with van der Waals surface area (Å²) in [6.45, 7) is 6.54. The molecule has 0 saturated heterocycles. The third-order valence-electron chi connectivity index (χ3n) is 1.44. The first kappa shape index (κ1) is 10.4. The van der Waals surface area contributed by atoms with Crippen LogP contribution in [0.4, 0.5) is 0 Å². The lowest BCUT2D eigenvalue weighted by Crippen LogP contribution is -2.10. The summed E-state index contributed by atoms with van der Waals surface area (Å²) in [5.41, 5.74) is 0. The van der Waals surface area contributed by atoms with Crippen LogP contribution in [0.25, 0.3) is 0 Å². The van der Waals surface area contributed by atoms with Crippen LogP contribution in [-0.2, 0) is 4.74 Å². The van der Waals surface area contributed by atoms with E-state index in [1.807, 2.05) is 0 Å². The van der Waals surface area contributed by atoms with Gasteiger partial charge in [0.1, 0.15) is 0 Å². The van der Waals surface area contributed by atoms with Crippen molar-refractivity contribution in [2.45, 2.75) is 32.3 Å². The minimum Gasteiger partial charge on any atom is -0.374 e. The van der Waals surface area contributed by atoms with E-state index in [9.17, 15) is 0 Å². The molecule has 0 fully saturated rings. The highest BCUT2D eigenvalue weighted by Gasteiger charge is 1.99. The lowest BCUT2D eigenvalue weighted by Gasteiger charge is -2.10. The molecule has 0 aromatic rings. The summed E-state index contributed by atoms with van der Waals surface area (Å²) in [4.78, 5) is 0. The van der Waals surface area contributed by atoms with Gasteiger partial charge < -0.3 is 10.1 Å². The van der Waals surface area contributed by atoms with Gasteiger partial charge in [0.2, 0.25) is 0 Å². The molecular formula is C9H17NO. The Hall–Kier alpha value is -0.630. The van der Waals surface area contributed by atoms with Crippen molar-refractivity contribution in [3.8, 4) is 0 Å². The van der Waals surface area contributed by atoms with Gasteiger partial charge in [0.05, 0.1) is 6.10 Å². The van der Waals surface area contributed by atoms with Crippen molar-refractivity contribution in [1.29, 1.82) is 5.41 Å². The zero-order chi connectivity index (χ0) is 8.53. The van der Waals surface area contributed by atoms with Gasteiger partial charge in [-0.25, -0.2) is 0 Å². The van der Waals surface area contributed by atoms with Gasteiger partial charge in [0.25, 0.3) is 0 Å². The summed E-state index contributed by atoms with van der Waals surface area (Å²) in [5.74, 6) is 0. The van der Waals surface area contributed by atoms with E-state index in [0.29, 0.717) is 6.42 Å². The maximum atomic E-state index is 6.86. The Bertz CT molecular complexity index is 112. The molecule has 0 spiro atoms. The zero-order valence-electron chi connectivity index (χ0n) is 7.18. The molecule has 0 radical (unpaired) electrons. The van der Waals surface area contributed by atoms with Crippen LogP contribution >= 0.6 is 0 Å². The number of ether oxygens (including phenoxy) is 1. The molecule has 0 rings (SSSR count). The summed E-state index contributed by atoms with van der Waals surface area (Å²) in [6.07, 6.45) is 6.03. The van der Waals surface area contributed by atoms with Crippen LogP contribution < -0.4 is 0 Å². The maximum Gasteiger partial charge on any atom is 0.0802 e. The Labute approximate surface area is 68.8 Å². The second kappa shape index (κ2) is 7.48. The molecular weight excluding hydrogens is 138 g/mol. The van der Waals surface area contributed by atoms with Crippen molar-refractivity contribution in [2.24, 2.45) is 0 Å². The highest BCUT2D eigenvalue weighted by molar-refractivity contribution is 5.54. The first-order chi connectivity index (χ1) is 5.35. The average molecular weight is 155 g/mol. The molecule has 1 atom stereocenters. The molecule has 0 heterocycles. The second-order valence-corrected chi connectivity index (χ2v) is 2.44. The van der Waals surface area contributed by atoms with E-state index < -0.39 is 0 Å². The lowest BCUT2D eigenvalue weighted by molar-refractivity contribution is 0.0884. The van der Waals surface area contributed by atoms with Gasteiger partial charge in [-0.05, 0) is 12.6 Å². The molecule has 0 aliphatic carbocycles. The van der Waals surface area contributed by atoms with Crippen LogP contribution in [0.3, 0.4) is 0 Å². The molecule has 0 bridgehead atoms. The van der Waals surface area contributed by atoms with Crippen LogP contribution in [0.15, 0.2) is 12.7 Å². The van der Waals surface area contributed by atoms with E-state index in [4.69, 9.17) is 10.1 Å². The average Bonchev–Trinajstić information content (AvgIpc) is 2.03. The van der Waals surface area contributed by atoms with Gasteiger partial charge in [0.15, 0.2) is 0 Å². The van der Waals surface area contributed by atoms with Gasteiger partial charge in [-0.1, -0.05) is 19.4 Å². The molecule has 0 aromatic carbocycles. The quantitative estimate of drug-likeness (QED) is 0.342. The summed E-state index contributed by atoms with van der Waals surface area (Å²) in [7, 11) is 0. The van der Waals surface area contributed by atoms with Crippen molar-refractivity contribution in [3.63, 3.8) is 0 Å². The van der Waals surface area contributed by atoms with Crippen LogP contribution in [0, 0.1) is 5.41 Å². The number of hydrogen-bond donors (Lipinski definition) is 1.